The number of esters is 1. The molecule has 0 aliphatic carbocycles. The maximum atomic E-state index is 11.4. The standard InChI is InChI=1S/C15H18O4/c1-3-17-13-6-5-11(10-14(13)18-4-2)9-12-7-8-19-15(12)16/h5-6,9-10H,3-4,7-8H2,1-2H3. The number of hydrogen-bond donors (Lipinski definition) is 0. The van der Waals surface area contributed by atoms with Crippen LogP contribution in [0.3, 0.4) is 0 Å². The van der Waals surface area contributed by atoms with Crippen molar-refractivity contribution in [3.05, 3.63) is 29.3 Å². The van der Waals surface area contributed by atoms with Gasteiger partial charge >= 0.3 is 5.97 Å². The predicted octanol–water partition coefficient (Wildman–Crippen LogP) is 2.81. The van der Waals surface area contributed by atoms with E-state index in [0.29, 0.717) is 37.6 Å². The molecule has 102 valence electrons. The molecule has 0 bridgehead atoms. The Morgan fingerprint density at radius 3 is 2.58 bits per heavy atom. The van der Waals surface area contributed by atoms with Crippen LogP contribution >= 0.6 is 0 Å². The molecule has 0 saturated carbocycles. The Morgan fingerprint density at radius 2 is 1.95 bits per heavy atom. The minimum Gasteiger partial charge on any atom is -0.490 e. The zero-order valence-corrected chi connectivity index (χ0v) is 11.3. The fourth-order valence-corrected chi connectivity index (χ4v) is 1.94. The molecule has 2 rings (SSSR count). The van der Waals surface area contributed by atoms with Gasteiger partial charge in [0.25, 0.3) is 0 Å². The number of carbonyl (C=O) groups excluding carboxylic acids is 1. The number of rotatable bonds is 5. The molecule has 1 aliphatic rings. The summed E-state index contributed by atoms with van der Waals surface area (Å²) in [7, 11) is 0. The SMILES string of the molecule is CCOc1ccc(C=C2CCOC2=O)cc1OCC. The summed E-state index contributed by atoms with van der Waals surface area (Å²) < 4.78 is 16.0. The Hall–Kier alpha value is -1.97. The molecule has 1 aromatic carbocycles. The summed E-state index contributed by atoms with van der Waals surface area (Å²) in [5, 5.41) is 0. The van der Waals surface area contributed by atoms with Gasteiger partial charge < -0.3 is 14.2 Å². The summed E-state index contributed by atoms with van der Waals surface area (Å²) in [5.41, 5.74) is 1.62. The van der Waals surface area contributed by atoms with Gasteiger partial charge in [-0.15, -0.1) is 0 Å². The van der Waals surface area contributed by atoms with Crippen molar-refractivity contribution in [1.29, 1.82) is 0 Å². The van der Waals surface area contributed by atoms with Gasteiger partial charge in [0.2, 0.25) is 0 Å². The van der Waals surface area contributed by atoms with Crippen LogP contribution < -0.4 is 9.47 Å². The first-order valence-corrected chi connectivity index (χ1v) is 6.52. The molecular formula is C15H18O4. The van der Waals surface area contributed by atoms with Crippen molar-refractivity contribution in [3.63, 3.8) is 0 Å². The average Bonchev–Trinajstić information content (AvgIpc) is 2.79. The molecule has 0 amide bonds. The molecule has 0 N–H and O–H groups in total. The summed E-state index contributed by atoms with van der Waals surface area (Å²) in [5.74, 6) is 1.19. The third-order valence-electron chi connectivity index (χ3n) is 2.78. The normalized spacial score (nSPS) is 16.5. The number of carbonyl (C=O) groups is 1. The van der Waals surface area contributed by atoms with Crippen molar-refractivity contribution in [2.24, 2.45) is 0 Å². The molecule has 19 heavy (non-hydrogen) atoms. The molecule has 4 nitrogen and oxygen atoms in total. The van der Waals surface area contributed by atoms with Gasteiger partial charge in [-0.1, -0.05) is 6.07 Å². The van der Waals surface area contributed by atoms with Gasteiger partial charge in [0.15, 0.2) is 11.5 Å². The Morgan fingerprint density at radius 1 is 1.21 bits per heavy atom. The number of ether oxygens (including phenoxy) is 3. The van der Waals surface area contributed by atoms with Crippen LogP contribution in [0, 0.1) is 0 Å². The fraction of sp³-hybridized carbons (Fsp3) is 0.400. The number of hydrogen-bond acceptors (Lipinski definition) is 4. The summed E-state index contributed by atoms with van der Waals surface area (Å²) in [6.07, 6.45) is 2.50. The van der Waals surface area contributed by atoms with Crippen molar-refractivity contribution in [2.45, 2.75) is 20.3 Å². The lowest BCUT2D eigenvalue weighted by Gasteiger charge is -2.11. The number of benzene rings is 1. The fourth-order valence-electron chi connectivity index (χ4n) is 1.94. The maximum absolute atomic E-state index is 11.4. The first-order chi connectivity index (χ1) is 9.24. The quantitative estimate of drug-likeness (QED) is 0.604. The zero-order chi connectivity index (χ0) is 13.7. The van der Waals surface area contributed by atoms with Gasteiger partial charge in [0, 0.05) is 12.0 Å². The average molecular weight is 262 g/mol. The Bertz CT molecular complexity index is 491. The molecule has 0 unspecified atom stereocenters. The van der Waals surface area contributed by atoms with Gasteiger partial charge in [-0.3, -0.25) is 0 Å². The van der Waals surface area contributed by atoms with E-state index in [0.717, 1.165) is 11.3 Å². The highest BCUT2D eigenvalue weighted by atomic mass is 16.5. The molecule has 4 heteroatoms. The number of cyclic esters (lactones) is 1. The summed E-state index contributed by atoms with van der Waals surface area (Å²) in [4.78, 5) is 11.4. The largest absolute Gasteiger partial charge is 0.490 e. The molecule has 0 spiro atoms. The van der Waals surface area contributed by atoms with Crippen LogP contribution in [0.1, 0.15) is 25.8 Å². The smallest absolute Gasteiger partial charge is 0.334 e. The molecule has 1 saturated heterocycles. The molecule has 1 fully saturated rings. The van der Waals surface area contributed by atoms with E-state index in [-0.39, 0.29) is 5.97 Å². The first-order valence-electron chi connectivity index (χ1n) is 6.52. The van der Waals surface area contributed by atoms with Gasteiger partial charge in [0.1, 0.15) is 0 Å². The lowest BCUT2D eigenvalue weighted by Crippen LogP contribution is -1.99. The van der Waals surface area contributed by atoms with E-state index in [2.05, 4.69) is 0 Å². The van der Waals surface area contributed by atoms with Crippen LogP contribution in [0.15, 0.2) is 23.8 Å². The Labute approximate surface area is 113 Å². The summed E-state index contributed by atoms with van der Waals surface area (Å²) >= 11 is 0. The minimum atomic E-state index is -0.230. The van der Waals surface area contributed by atoms with E-state index in [9.17, 15) is 4.79 Å². The summed E-state index contributed by atoms with van der Waals surface area (Å²) in [6.45, 7) is 5.49. The molecule has 0 aromatic heterocycles. The van der Waals surface area contributed by atoms with E-state index < -0.39 is 0 Å². The molecule has 1 aliphatic heterocycles. The van der Waals surface area contributed by atoms with Gasteiger partial charge in [-0.2, -0.15) is 0 Å². The second kappa shape index (κ2) is 6.27. The molecular weight excluding hydrogens is 244 g/mol. The van der Waals surface area contributed by atoms with Crippen molar-refractivity contribution in [2.75, 3.05) is 19.8 Å². The molecule has 0 radical (unpaired) electrons. The van der Waals surface area contributed by atoms with E-state index in [1.807, 2.05) is 38.1 Å². The first kappa shape index (κ1) is 13.5. The Kier molecular flexibility index (Phi) is 4.44. The van der Waals surface area contributed by atoms with E-state index in [1.54, 1.807) is 0 Å². The highest BCUT2D eigenvalue weighted by Gasteiger charge is 2.18. The van der Waals surface area contributed by atoms with Crippen molar-refractivity contribution in [3.8, 4) is 11.5 Å². The highest BCUT2D eigenvalue weighted by Crippen LogP contribution is 2.30. The Balaban J connectivity index is 2.27. The van der Waals surface area contributed by atoms with Crippen LogP contribution in [0.4, 0.5) is 0 Å². The van der Waals surface area contributed by atoms with E-state index in [1.165, 1.54) is 0 Å². The lowest BCUT2D eigenvalue weighted by atomic mass is 10.1. The highest BCUT2D eigenvalue weighted by molar-refractivity contribution is 5.95. The third-order valence-corrected chi connectivity index (χ3v) is 2.78. The second-order valence-corrected chi connectivity index (χ2v) is 4.13. The third kappa shape index (κ3) is 3.28. The second-order valence-electron chi connectivity index (χ2n) is 4.13. The molecule has 1 aromatic rings. The van der Waals surface area contributed by atoms with Gasteiger partial charge in [-0.05, 0) is 37.6 Å². The van der Waals surface area contributed by atoms with Gasteiger partial charge in [0.05, 0.1) is 19.8 Å². The van der Waals surface area contributed by atoms with Crippen molar-refractivity contribution >= 4 is 12.0 Å². The van der Waals surface area contributed by atoms with Gasteiger partial charge in [-0.25, -0.2) is 4.79 Å². The van der Waals surface area contributed by atoms with E-state index in [4.69, 9.17) is 14.2 Å². The van der Waals surface area contributed by atoms with Crippen LogP contribution in [-0.4, -0.2) is 25.8 Å². The van der Waals surface area contributed by atoms with Crippen LogP contribution in [-0.2, 0) is 9.53 Å². The van der Waals surface area contributed by atoms with Crippen molar-refractivity contribution < 1.29 is 19.0 Å². The van der Waals surface area contributed by atoms with E-state index >= 15 is 0 Å². The topological polar surface area (TPSA) is 44.8 Å². The zero-order valence-electron chi connectivity index (χ0n) is 11.3. The maximum Gasteiger partial charge on any atom is 0.334 e. The minimum absolute atomic E-state index is 0.230. The van der Waals surface area contributed by atoms with Crippen LogP contribution in [0.2, 0.25) is 0 Å². The molecule has 0 atom stereocenters. The summed E-state index contributed by atoms with van der Waals surface area (Å²) in [6, 6.07) is 5.65. The van der Waals surface area contributed by atoms with Crippen molar-refractivity contribution in [1.82, 2.24) is 0 Å². The lowest BCUT2D eigenvalue weighted by molar-refractivity contribution is -0.134. The molecule has 1 heterocycles. The monoisotopic (exact) mass is 262 g/mol. The van der Waals surface area contributed by atoms with Crippen LogP contribution in [0.25, 0.3) is 6.08 Å². The van der Waals surface area contributed by atoms with Crippen LogP contribution in [0.5, 0.6) is 11.5 Å². The predicted molar refractivity (Wildman–Crippen MR) is 72.3 cm³/mol.